The molecule has 2 aromatic carbocycles. The zero-order chi connectivity index (χ0) is 21.9. The number of amides is 2. The molecule has 0 fully saturated rings. The smallest absolute Gasteiger partial charge is 0.230 e. The third-order valence-corrected chi connectivity index (χ3v) is 6.19. The number of nitrogens with one attached hydrogen (secondary N) is 2. The fourth-order valence-electron chi connectivity index (χ4n) is 2.47. The third-order valence-electron chi connectivity index (χ3n) is 3.97. The molecular formula is C21H21ClN4O3S2. The van der Waals surface area contributed by atoms with Crippen LogP contribution in [0, 0.1) is 0 Å². The predicted octanol–water partition coefficient (Wildman–Crippen LogP) is 4.05. The Morgan fingerprint density at radius 3 is 2.58 bits per heavy atom. The first-order chi connectivity index (χ1) is 15.1. The molecule has 0 saturated heterocycles. The Morgan fingerprint density at radius 1 is 1.03 bits per heavy atom. The number of halogens is 1. The highest BCUT2D eigenvalue weighted by Crippen LogP contribution is 2.25. The number of anilines is 1. The number of aromatic nitrogens is 2. The number of carbonyl (C=O) groups excluding carboxylic acids is 2. The van der Waals surface area contributed by atoms with Gasteiger partial charge in [0.2, 0.25) is 16.9 Å². The molecule has 0 bridgehead atoms. The van der Waals surface area contributed by atoms with Crippen molar-refractivity contribution in [2.45, 2.75) is 17.2 Å². The van der Waals surface area contributed by atoms with Gasteiger partial charge in [0.1, 0.15) is 12.4 Å². The number of ether oxygens (including phenoxy) is 1. The van der Waals surface area contributed by atoms with Crippen molar-refractivity contribution in [1.82, 2.24) is 15.5 Å². The van der Waals surface area contributed by atoms with Gasteiger partial charge in [-0.1, -0.05) is 65.0 Å². The van der Waals surface area contributed by atoms with E-state index in [1.165, 1.54) is 23.1 Å². The number of aryl methyl sites for hydroxylation is 1. The summed E-state index contributed by atoms with van der Waals surface area (Å²) in [5.41, 5.74) is 1.11. The second-order valence-corrected chi connectivity index (χ2v) is 8.98. The molecule has 3 aromatic rings. The summed E-state index contributed by atoms with van der Waals surface area (Å²) in [5, 5.41) is 14.6. The van der Waals surface area contributed by atoms with Crippen LogP contribution in [-0.2, 0) is 16.0 Å². The van der Waals surface area contributed by atoms with Gasteiger partial charge in [0, 0.05) is 11.4 Å². The zero-order valence-electron chi connectivity index (χ0n) is 16.5. The number of hydrogen-bond donors (Lipinski definition) is 2. The molecule has 2 amide bonds. The Labute approximate surface area is 193 Å². The second-order valence-electron chi connectivity index (χ2n) is 6.35. The Balaban J connectivity index is 1.30. The first kappa shape index (κ1) is 23.1. The Hall–Kier alpha value is -2.62. The van der Waals surface area contributed by atoms with Gasteiger partial charge in [0.05, 0.1) is 12.3 Å². The molecule has 0 radical (unpaired) electrons. The fourth-order valence-corrected chi connectivity index (χ4v) is 4.20. The first-order valence-corrected chi connectivity index (χ1v) is 11.7. The van der Waals surface area contributed by atoms with Gasteiger partial charge in [-0.3, -0.25) is 9.59 Å². The lowest BCUT2D eigenvalue weighted by atomic mass is 10.1. The van der Waals surface area contributed by atoms with E-state index in [1.807, 2.05) is 30.3 Å². The third kappa shape index (κ3) is 8.56. The standard InChI is InChI=1S/C21H21ClN4O3S2/c22-16-7-9-17(10-8-16)29-13-12-23-19(28)14-30-21-26-25-20(31-21)24-18(27)11-6-15-4-2-1-3-5-15/h1-5,7-10H,6,11-14H2,(H,23,28)(H,24,25,27). The van der Waals surface area contributed by atoms with Crippen LogP contribution in [0.2, 0.25) is 5.02 Å². The molecule has 7 nitrogen and oxygen atoms in total. The minimum absolute atomic E-state index is 0.116. The van der Waals surface area contributed by atoms with Crippen LogP contribution in [0.1, 0.15) is 12.0 Å². The van der Waals surface area contributed by atoms with E-state index in [4.69, 9.17) is 16.3 Å². The number of hydrogen-bond acceptors (Lipinski definition) is 7. The Morgan fingerprint density at radius 2 is 1.81 bits per heavy atom. The summed E-state index contributed by atoms with van der Waals surface area (Å²) >= 11 is 8.33. The van der Waals surface area contributed by atoms with Crippen LogP contribution in [0.5, 0.6) is 5.75 Å². The van der Waals surface area contributed by atoms with E-state index in [0.29, 0.717) is 46.2 Å². The van der Waals surface area contributed by atoms with Crippen LogP contribution in [0.15, 0.2) is 58.9 Å². The fraction of sp³-hybridized carbons (Fsp3) is 0.238. The number of nitrogens with zero attached hydrogens (tertiary/aromatic N) is 2. The first-order valence-electron chi connectivity index (χ1n) is 9.53. The van der Waals surface area contributed by atoms with Crippen molar-refractivity contribution < 1.29 is 14.3 Å². The molecule has 1 heterocycles. The largest absolute Gasteiger partial charge is 0.492 e. The van der Waals surface area contributed by atoms with Crippen LogP contribution in [0.25, 0.3) is 0 Å². The molecule has 3 rings (SSSR count). The van der Waals surface area contributed by atoms with E-state index in [1.54, 1.807) is 24.3 Å². The topological polar surface area (TPSA) is 93.2 Å². The van der Waals surface area contributed by atoms with Crippen LogP contribution < -0.4 is 15.4 Å². The highest BCUT2D eigenvalue weighted by Gasteiger charge is 2.10. The summed E-state index contributed by atoms with van der Waals surface area (Å²) in [6, 6.07) is 16.8. The Kier molecular flexibility index (Phi) is 9.14. The summed E-state index contributed by atoms with van der Waals surface area (Å²) in [5.74, 6) is 0.654. The van der Waals surface area contributed by atoms with E-state index in [9.17, 15) is 9.59 Å². The van der Waals surface area contributed by atoms with Crippen molar-refractivity contribution in [3.8, 4) is 5.75 Å². The van der Waals surface area contributed by atoms with Crippen LogP contribution in [0.3, 0.4) is 0 Å². The SMILES string of the molecule is O=C(CSc1nnc(NC(=O)CCc2ccccc2)s1)NCCOc1ccc(Cl)cc1. The van der Waals surface area contributed by atoms with Crippen LogP contribution in [0.4, 0.5) is 5.13 Å². The van der Waals surface area contributed by atoms with Gasteiger partial charge < -0.3 is 15.4 Å². The number of benzene rings is 2. The predicted molar refractivity (Wildman–Crippen MR) is 124 cm³/mol. The molecule has 162 valence electrons. The summed E-state index contributed by atoms with van der Waals surface area (Å²) < 4.78 is 6.14. The van der Waals surface area contributed by atoms with E-state index in [-0.39, 0.29) is 17.6 Å². The molecule has 0 saturated carbocycles. The number of carbonyl (C=O) groups is 2. The lowest BCUT2D eigenvalue weighted by molar-refractivity contribution is -0.118. The normalized spacial score (nSPS) is 10.5. The summed E-state index contributed by atoms with van der Waals surface area (Å²) in [4.78, 5) is 24.0. The average molecular weight is 477 g/mol. The van der Waals surface area contributed by atoms with Gasteiger partial charge in [0.15, 0.2) is 4.34 Å². The molecule has 0 aliphatic heterocycles. The monoisotopic (exact) mass is 476 g/mol. The van der Waals surface area contributed by atoms with E-state index >= 15 is 0 Å². The van der Waals surface area contributed by atoms with E-state index in [2.05, 4.69) is 20.8 Å². The van der Waals surface area contributed by atoms with Gasteiger partial charge >= 0.3 is 0 Å². The zero-order valence-corrected chi connectivity index (χ0v) is 18.9. The molecule has 0 aliphatic carbocycles. The Bertz CT molecular complexity index is 984. The van der Waals surface area contributed by atoms with Crippen molar-refractivity contribution in [2.24, 2.45) is 0 Å². The summed E-state index contributed by atoms with van der Waals surface area (Å²) in [6.07, 6.45) is 1.03. The highest BCUT2D eigenvalue weighted by molar-refractivity contribution is 8.01. The van der Waals surface area contributed by atoms with Gasteiger partial charge in [-0.15, -0.1) is 10.2 Å². The molecular weight excluding hydrogens is 456 g/mol. The van der Waals surface area contributed by atoms with Crippen LogP contribution >= 0.6 is 34.7 Å². The molecule has 0 aliphatic rings. The summed E-state index contributed by atoms with van der Waals surface area (Å²) in [6.45, 7) is 0.747. The summed E-state index contributed by atoms with van der Waals surface area (Å²) in [7, 11) is 0. The second kappa shape index (κ2) is 12.3. The molecule has 2 N–H and O–H groups in total. The van der Waals surface area contributed by atoms with Gasteiger partial charge in [-0.25, -0.2) is 0 Å². The molecule has 0 unspecified atom stereocenters. The van der Waals surface area contributed by atoms with Crippen molar-refractivity contribution in [1.29, 1.82) is 0 Å². The maximum atomic E-state index is 12.1. The van der Waals surface area contributed by atoms with E-state index in [0.717, 1.165) is 5.56 Å². The van der Waals surface area contributed by atoms with Crippen molar-refractivity contribution in [3.63, 3.8) is 0 Å². The number of thioether (sulfide) groups is 1. The van der Waals surface area contributed by atoms with Gasteiger partial charge in [-0.05, 0) is 36.2 Å². The quantitative estimate of drug-likeness (QED) is 0.246. The van der Waals surface area contributed by atoms with Crippen molar-refractivity contribution in [3.05, 3.63) is 65.2 Å². The molecule has 1 aromatic heterocycles. The van der Waals surface area contributed by atoms with Crippen molar-refractivity contribution >= 4 is 51.6 Å². The van der Waals surface area contributed by atoms with Crippen molar-refractivity contribution in [2.75, 3.05) is 24.2 Å². The van der Waals surface area contributed by atoms with Gasteiger partial charge in [-0.2, -0.15) is 0 Å². The minimum Gasteiger partial charge on any atom is -0.492 e. The van der Waals surface area contributed by atoms with Crippen LogP contribution in [-0.4, -0.2) is 40.9 Å². The molecule has 0 atom stereocenters. The average Bonchev–Trinajstić information content (AvgIpc) is 3.23. The molecule has 31 heavy (non-hydrogen) atoms. The minimum atomic E-state index is -0.131. The lowest BCUT2D eigenvalue weighted by Crippen LogP contribution is -2.29. The molecule has 10 heteroatoms. The lowest BCUT2D eigenvalue weighted by Gasteiger charge is -2.07. The van der Waals surface area contributed by atoms with Gasteiger partial charge in [0.25, 0.3) is 0 Å². The van der Waals surface area contributed by atoms with E-state index < -0.39 is 0 Å². The molecule has 0 spiro atoms. The highest BCUT2D eigenvalue weighted by atomic mass is 35.5. The maximum absolute atomic E-state index is 12.1. The maximum Gasteiger partial charge on any atom is 0.230 e. The number of rotatable bonds is 11.